The molecule has 1 atom stereocenters. The van der Waals surface area contributed by atoms with Crippen LogP contribution in [0, 0.1) is 0 Å². The molecular formula is C16H23ClO4. The first-order chi connectivity index (χ1) is 10.1. The van der Waals surface area contributed by atoms with Crippen LogP contribution in [0.2, 0.25) is 0 Å². The van der Waals surface area contributed by atoms with Crippen molar-refractivity contribution in [1.29, 1.82) is 0 Å². The summed E-state index contributed by atoms with van der Waals surface area (Å²) in [6.07, 6.45) is 4.03. The fourth-order valence-electron chi connectivity index (χ4n) is 2.83. The molecule has 1 aromatic carbocycles. The highest BCUT2D eigenvalue weighted by Gasteiger charge is 2.40. The highest BCUT2D eigenvalue weighted by atomic mass is 35.5. The van der Waals surface area contributed by atoms with Crippen molar-refractivity contribution in [1.82, 2.24) is 0 Å². The zero-order valence-corrected chi connectivity index (χ0v) is 13.8. The van der Waals surface area contributed by atoms with Gasteiger partial charge in [-0.2, -0.15) is 0 Å². The van der Waals surface area contributed by atoms with Crippen molar-refractivity contribution in [3.8, 4) is 17.2 Å². The molecule has 0 heterocycles. The molecule has 0 bridgehead atoms. The number of benzene rings is 1. The van der Waals surface area contributed by atoms with Crippen molar-refractivity contribution in [2.45, 2.75) is 36.7 Å². The second-order valence-electron chi connectivity index (χ2n) is 5.36. The Morgan fingerprint density at radius 3 is 1.95 bits per heavy atom. The van der Waals surface area contributed by atoms with Crippen LogP contribution in [0.15, 0.2) is 12.1 Å². The summed E-state index contributed by atoms with van der Waals surface area (Å²) >= 11 is 6.66. The summed E-state index contributed by atoms with van der Waals surface area (Å²) in [6, 6.07) is 3.65. The van der Waals surface area contributed by atoms with Crippen LogP contribution in [0.1, 0.15) is 36.6 Å². The smallest absolute Gasteiger partial charge is 0.130 e. The first kappa shape index (κ1) is 16.2. The molecule has 2 rings (SSSR count). The summed E-state index contributed by atoms with van der Waals surface area (Å²) in [5, 5.41) is -0.235. The predicted octanol–water partition coefficient (Wildman–Crippen LogP) is 3.95. The van der Waals surface area contributed by atoms with E-state index < -0.39 is 0 Å². The first-order valence-electron chi connectivity index (χ1n) is 7.08. The van der Waals surface area contributed by atoms with Crippen molar-refractivity contribution < 1.29 is 18.9 Å². The minimum absolute atomic E-state index is 0.109. The number of rotatable bonds is 7. The van der Waals surface area contributed by atoms with Crippen LogP contribution in [0.5, 0.6) is 17.2 Å². The van der Waals surface area contributed by atoms with Crippen LogP contribution >= 0.6 is 11.6 Å². The molecule has 0 amide bonds. The van der Waals surface area contributed by atoms with E-state index >= 15 is 0 Å². The van der Waals surface area contributed by atoms with Crippen molar-refractivity contribution in [3.63, 3.8) is 0 Å². The molecule has 0 radical (unpaired) electrons. The van der Waals surface area contributed by atoms with Crippen LogP contribution in [-0.2, 0) is 4.74 Å². The Morgan fingerprint density at radius 1 is 1.05 bits per heavy atom. The summed E-state index contributed by atoms with van der Waals surface area (Å²) in [4.78, 5) is 0. The SMILES string of the molecule is COc1cc(OC)c(C(Cl)CC2(OC)CCC2)c(OC)c1. The van der Waals surface area contributed by atoms with Crippen molar-refractivity contribution >= 4 is 11.6 Å². The third-order valence-corrected chi connectivity index (χ3v) is 4.69. The molecule has 0 N–H and O–H groups in total. The topological polar surface area (TPSA) is 36.9 Å². The maximum Gasteiger partial charge on any atom is 0.130 e. The van der Waals surface area contributed by atoms with Gasteiger partial charge in [0.2, 0.25) is 0 Å². The minimum Gasteiger partial charge on any atom is -0.496 e. The van der Waals surface area contributed by atoms with Crippen LogP contribution < -0.4 is 14.2 Å². The molecule has 0 spiro atoms. The molecule has 118 valence electrons. The van der Waals surface area contributed by atoms with Gasteiger partial charge < -0.3 is 18.9 Å². The number of hydrogen-bond acceptors (Lipinski definition) is 4. The van der Waals surface area contributed by atoms with E-state index in [4.69, 9.17) is 30.5 Å². The first-order valence-corrected chi connectivity index (χ1v) is 7.52. The monoisotopic (exact) mass is 314 g/mol. The molecule has 1 aromatic rings. The second-order valence-corrected chi connectivity index (χ2v) is 5.88. The maximum atomic E-state index is 6.66. The quantitative estimate of drug-likeness (QED) is 0.714. The largest absolute Gasteiger partial charge is 0.496 e. The third kappa shape index (κ3) is 3.22. The highest BCUT2D eigenvalue weighted by molar-refractivity contribution is 6.21. The van der Waals surface area contributed by atoms with Gasteiger partial charge in [0.25, 0.3) is 0 Å². The Kier molecular flexibility index (Phi) is 5.22. The van der Waals surface area contributed by atoms with Gasteiger partial charge in [-0.15, -0.1) is 11.6 Å². The number of hydrogen-bond donors (Lipinski definition) is 0. The van der Waals surface area contributed by atoms with E-state index in [0.29, 0.717) is 17.2 Å². The van der Waals surface area contributed by atoms with Gasteiger partial charge in [0.15, 0.2) is 0 Å². The van der Waals surface area contributed by atoms with Crippen LogP contribution in [-0.4, -0.2) is 34.0 Å². The van der Waals surface area contributed by atoms with E-state index in [1.54, 1.807) is 28.4 Å². The zero-order chi connectivity index (χ0) is 15.5. The Morgan fingerprint density at radius 2 is 1.62 bits per heavy atom. The average Bonchev–Trinajstić information content (AvgIpc) is 2.48. The molecule has 1 saturated carbocycles. The van der Waals surface area contributed by atoms with E-state index in [1.165, 1.54) is 6.42 Å². The molecule has 21 heavy (non-hydrogen) atoms. The molecule has 0 aliphatic heterocycles. The van der Waals surface area contributed by atoms with E-state index in [2.05, 4.69) is 0 Å². The molecular weight excluding hydrogens is 292 g/mol. The van der Waals surface area contributed by atoms with Gasteiger partial charge in [-0.1, -0.05) is 0 Å². The van der Waals surface area contributed by atoms with Crippen LogP contribution in [0.4, 0.5) is 0 Å². The lowest BCUT2D eigenvalue weighted by Gasteiger charge is -2.42. The number of halogens is 1. The lowest BCUT2D eigenvalue weighted by atomic mass is 9.76. The maximum absolute atomic E-state index is 6.66. The summed E-state index contributed by atoms with van der Waals surface area (Å²) < 4.78 is 21.9. The summed E-state index contributed by atoms with van der Waals surface area (Å²) in [7, 11) is 6.61. The summed E-state index contributed by atoms with van der Waals surface area (Å²) in [6.45, 7) is 0. The van der Waals surface area contributed by atoms with Crippen LogP contribution in [0.25, 0.3) is 0 Å². The van der Waals surface area contributed by atoms with Crippen molar-refractivity contribution in [3.05, 3.63) is 17.7 Å². The second kappa shape index (κ2) is 6.75. The molecule has 5 heteroatoms. The van der Waals surface area contributed by atoms with Gasteiger partial charge in [-0.3, -0.25) is 0 Å². The number of alkyl halides is 1. The zero-order valence-electron chi connectivity index (χ0n) is 13.1. The lowest BCUT2D eigenvalue weighted by Crippen LogP contribution is -2.40. The van der Waals surface area contributed by atoms with Gasteiger partial charge in [0.1, 0.15) is 17.2 Å². The van der Waals surface area contributed by atoms with E-state index in [-0.39, 0.29) is 11.0 Å². The Balaban J connectivity index is 2.32. The number of ether oxygens (including phenoxy) is 4. The fraction of sp³-hybridized carbons (Fsp3) is 0.625. The minimum atomic E-state index is -0.235. The summed E-state index contributed by atoms with van der Waals surface area (Å²) in [5.41, 5.74) is 0.744. The third-order valence-electron chi connectivity index (χ3n) is 4.32. The van der Waals surface area contributed by atoms with Gasteiger partial charge in [0, 0.05) is 19.2 Å². The highest BCUT2D eigenvalue weighted by Crippen LogP contribution is 2.48. The Labute approximate surface area is 131 Å². The van der Waals surface area contributed by atoms with Crippen molar-refractivity contribution in [2.75, 3.05) is 28.4 Å². The Bertz CT molecular complexity index is 455. The molecule has 0 aromatic heterocycles. The normalized spacial score (nSPS) is 17.8. The van der Waals surface area contributed by atoms with Crippen molar-refractivity contribution in [2.24, 2.45) is 0 Å². The van der Waals surface area contributed by atoms with Gasteiger partial charge in [-0.25, -0.2) is 0 Å². The van der Waals surface area contributed by atoms with E-state index in [1.807, 2.05) is 12.1 Å². The lowest BCUT2D eigenvalue weighted by molar-refractivity contribution is -0.0781. The molecule has 1 fully saturated rings. The van der Waals surface area contributed by atoms with Gasteiger partial charge >= 0.3 is 0 Å². The Hall–Kier alpha value is -1.13. The molecule has 4 nitrogen and oxygen atoms in total. The van der Waals surface area contributed by atoms with Crippen LogP contribution in [0.3, 0.4) is 0 Å². The molecule has 1 aliphatic rings. The van der Waals surface area contributed by atoms with E-state index in [0.717, 1.165) is 24.8 Å². The number of methoxy groups -OCH3 is 4. The average molecular weight is 315 g/mol. The van der Waals surface area contributed by atoms with E-state index in [9.17, 15) is 0 Å². The predicted molar refractivity (Wildman–Crippen MR) is 82.9 cm³/mol. The summed E-state index contributed by atoms with van der Waals surface area (Å²) in [5.74, 6) is 2.04. The molecule has 1 aliphatic carbocycles. The molecule has 1 unspecified atom stereocenters. The molecule has 0 saturated heterocycles. The standard InChI is InChI=1S/C16H23ClO4/c1-18-11-8-13(19-2)15(14(9-11)20-3)12(17)10-16(21-4)6-5-7-16/h8-9,12H,5-7,10H2,1-4H3. The van der Waals surface area contributed by atoms with Gasteiger partial charge in [0.05, 0.1) is 37.9 Å². The fourth-order valence-corrected chi connectivity index (χ4v) is 3.33. The van der Waals surface area contributed by atoms with Gasteiger partial charge in [-0.05, 0) is 25.7 Å².